The molecule has 0 N–H and O–H groups in total. The molecule has 4 heterocycles. The molecule has 0 saturated carbocycles. The summed E-state index contributed by atoms with van der Waals surface area (Å²) in [6.07, 6.45) is 0. The van der Waals surface area contributed by atoms with E-state index >= 15 is 0 Å². The molecule has 0 amide bonds. The van der Waals surface area contributed by atoms with Gasteiger partial charge in [0.25, 0.3) is 0 Å². The Hall–Kier alpha value is -7.60. The van der Waals surface area contributed by atoms with Gasteiger partial charge in [-0.1, -0.05) is 109 Å². The van der Waals surface area contributed by atoms with Gasteiger partial charge >= 0.3 is 0 Å². The number of hydrogen-bond donors (Lipinski definition) is 0. The second kappa shape index (κ2) is 12.4. The van der Waals surface area contributed by atoms with Crippen LogP contribution in [0, 0.1) is 0 Å². The third kappa shape index (κ3) is 4.71. The summed E-state index contributed by atoms with van der Waals surface area (Å²) in [6.45, 7) is 0. The Morgan fingerprint density at radius 1 is 0.288 bits per heavy atom. The van der Waals surface area contributed by atoms with Gasteiger partial charge in [0.2, 0.25) is 0 Å². The summed E-state index contributed by atoms with van der Waals surface area (Å²) in [5.41, 5.74) is 10.2. The Kier molecular flexibility index (Phi) is 6.85. The molecule has 13 aromatic rings. The van der Waals surface area contributed by atoms with Gasteiger partial charge in [0.15, 0.2) is 0 Å². The summed E-state index contributed by atoms with van der Waals surface area (Å²) in [6, 6.07) is 72.1. The van der Waals surface area contributed by atoms with E-state index < -0.39 is 0 Å². The van der Waals surface area contributed by atoms with Gasteiger partial charge in [-0.05, 0) is 91.0 Å². The maximum atomic E-state index is 7.18. The van der Waals surface area contributed by atoms with Crippen LogP contribution in [0.5, 0.6) is 11.5 Å². The summed E-state index contributed by atoms with van der Waals surface area (Å²) < 4.78 is 16.9. The lowest BCUT2D eigenvalue weighted by atomic mass is 10.1. The first kappa shape index (κ1) is 32.5. The first-order valence-electron chi connectivity index (χ1n) is 20.0. The van der Waals surface area contributed by atoms with E-state index in [1.54, 1.807) is 0 Å². The minimum atomic E-state index is 0.825. The van der Waals surface area contributed by atoms with E-state index in [1.165, 1.54) is 42.0 Å². The molecule has 0 saturated heterocycles. The Bertz CT molecular complexity index is 3790. The monoisotopic (exact) mass is 771 g/mol. The molecule has 0 bridgehead atoms. The quantitative estimate of drug-likeness (QED) is 0.171. The minimum absolute atomic E-state index is 0.825. The van der Waals surface area contributed by atoms with Crippen molar-refractivity contribution in [2.24, 2.45) is 0 Å². The largest absolute Gasteiger partial charge is 0.456 e. The zero-order chi connectivity index (χ0) is 38.6. The molecule has 0 unspecified atom stereocenters. The first-order chi connectivity index (χ1) is 29.3. The van der Waals surface area contributed by atoms with Crippen LogP contribution < -0.4 is 4.74 Å². The van der Waals surface area contributed by atoms with Crippen molar-refractivity contribution in [1.82, 2.24) is 13.7 Å². The van der Waals surface area contributed by atoms with Crippen LogP contribution in [0.2, 0.25) is 0 Å². The standard InChI is InChI=1S/C54H33N3OS/c1-6-21-43-37(16-1)38-17-2-7-22-44(38)55(43)34-14-11-15-35(32-34)56-45-23-8-3-19-40(45)53-47(56)25-12-27-49(53)58-50-28-13-26-48-54(50)41-20-4-9-24-46(41)57(48)36-30-31-52-42(33-36)39-18-5-10-29-51(39)59-52/h1-33H. The average molecular weight is 772 g/mol. The summed E-state index contributed by atoms with van der Waals surface area (Å²) in [5, 5.41) is 9.56. The molecule has 0 spiro atoms. The third-order valence-corrected chi connectivity index (χ3v) is 13.2. The summed E-state index contributed by atoms with van der Waals surface area (Å²) >= 11 is 1.85. The molecule has 9 aromatic carbocycles. The van der Waals surface area contributed by atoms with E-state index in [0.29, 0.717) is 0 Å². The predicted octanol–water partition coefficient (Wildman–Crippen LogP) is 15.1. The van der Waals surface area contributed by atoms with Crippen LogP contribution in [0.1, 0.15) is 0 Å². The fraction of sp³-hybridized carbons (Fsp3) is 0. The van der Waals surface area contributed by atoms with Crippen molar-refractivity contribution >= 4 is 96.9 Å². The van der Waals surface area contributed by atoms with Crippen molar-refractivity contribution in [2.75, 3.05) is 0 Å². The highest BCUT2D eigenvalue weighted by Crippen LogP contribution is 2.45. The highest BCUT2D eigenvalue weighted by Gasteiger charge is 2.21. The lowest BCUT2D eigenvalue weighted by molar-refractivity contribution is 0.495. The Labute approximate surface area is 342 Å². The van der Waals surface area contributed by atoms with Gasteiger partial charge in [0.1, 0.15) is 11.5 Å². The number of benzene rings is 9. The van der Waals surface area contributed by atoms with Crippen LogP contribution in [0.15, 0.2) is 200 Å². The van der Waals surface area contributed by atoms with Crippen molar-refractivity contribution < 1.29 is 4.74 Å². The number of thiophene rings is 1. The van der Waals surface area contributed by atoms with E-state index in [9.17, 15) is 0 Å². The maximum absolute atomic E-state index is 7.18. The van der Waals surface area contributed by atoms with Crippen molar-refractivity contribution in [1.29, 1.82) is 0 Å². The highest BCUT2D eigenvalue weighted by molar-refractivity contribution is 7.25. The Balaban J connectivity index is 0.988. The Morgan fingerprint density at radius 2 is 0.695 bits per heavy atom. The van der Waals surface area contributed by atoms with Gasteiger partial charge in [-0.25, -0.2) is 0 Å². The second-order valence-electron chi connectivity index (χ2n) is 15.3. The van der Waals surface area contributed by atoms with E-state index in [4.69, 9.17) is 4.74 Å². The van der Waals surface area contributed by atoms with Crippen molar-refractivity contribution in [3.63, 3.8) is 0 Å². The molecule has 59 heavy (non-hydrogen) atoms. The lowest BCUT2D eigenvalue weighted by Crippen LogP contribution is -1.98. The van der Waals surface area contributed by atoms with Crippen molar-refractivity contribution in [3.05, 3.63) is 200 Å². The van der Waals surface area contributed by atoms with Gasteiger partial charge < -0.3 is 18.4 Å². The number of para-hydroxylation sites is 4. The predicted molar refractivity (Wildman–Crippen MR) is 249 cm³/mol. The number of rotatable bonds is 5. The molecule has 276 valence electrons. The molecule has 4 aromatic heterocycles. The van der Waals surface area contributed by atoms with Crippen LogP contribution in [0.3, 0.4) is 0 Å². The summed E-state index contributed by atoms with van der Waals surface area (Å²) in [4.78, 5) is 0. The van der Waals surface area contributed by atoms with Crippen LogP contribution >= 0.6 is 11.3 Å². The SMILES string of the molecule is c1cc(-n2c3ccccc3c3ccccc32)cc(-n2c3ccccc3c3c(Oc4cccc5c4c4ccccc4n5-c4ccc5sc6ccccc6c5c4)cccc32)c1. The molecule has 0 aliphatic heterocycles. The number of ether oxygens (including phenoxy) is 1. The summed E-state index contributed by atoms with van der Waals surface area (Å²) in [7, 11) is 0. The Morgan fingerprint density at radius 3 is 1.27 bits per heavy atom. The zero-order valence-electron chi connectivity index (χ0n) is 31.7. The lowest BCUT2D eigenvalue weighted by Gasteiger charge is -2.13. The molecule has 13 rings (SSSR count). The van der Waals surface area contributed by atoms with E-state index in [1.807, 2.05) is 11.3 Å². The van der Waals surface area contributed by atoms with E-state index in [-0.39, 0.29) is 0 Å². The molecule has 4 nitrogen and oxygen atoms in total. The molecular formula is C54H33N3OS. The van der Waals surface area contributed by atoms with Gasteiger partial charge in [-0.2, -0.15) is 0 Å². The van der Waals surface area contributed by atoms with E-state index in [2.05, 4.69) is 214 Å². The second-order valence-corrected chi connectivity index (χ2v) is 16.4. The number of aromatic nitrogens is 3. The van der Waals surface area contributed by atoms with Crippen molar-refractivity contribution in [2.45, 2.75) is 0 Å². The van der Waals surface area contributed by atoms with Crippen LogP contribution in [0.4, 0.5) is 0 Å². The maximum Gasteiger partial charge on any atom is 0.137 e. The molecule has 5 heteroatoms. The van der Waals surface area contributed by atoms with Crippen molar-refractivity contribution in [3.8, 4) is 28.6 Å². The normalized spacial score (nSPS) is 12.1. The topological polar surface area (TPSA) is 24.0 Å². The smallest absolute Gasteiger partial charge is 0.137 e. The number of nitrogens with zero attached hydrogens (tertiary/aromatic N) is 3. The first-order valence-corrected chi connectivity index (χ1v) is 20.8. The molecule has 0 aliphatic rings. The number of hydrogen-bond acceptors (Lipinski definition) is 2. The van der Waals surface area contributed by atoms with Gasteiger partial charge in [-0.3, -0.25) is 0 Å². The van der Waals surface area contributed by atoms with Gasteiger partial charge in [0.05, 0.1) is 43.9 Å². The minimum Gasteiger partial charge on any atom is -0.456 e. The highest BCUT2D eigenvalue weighted by atomic mass is 32.1. The van der Waals surface area contributed by atoms with Crippen LogP contribution in [-0.2, 0) is 0 Å². The van der Waals surface area contributed by atoms with Gasteiger partial charge in [-0.15, -0.1) is 11.3 Å². The molecule has 0 radical (unpaired) electrons. The fourth-order valence-electron chi connectivity index (χ4n) is 9.64. The van der Waals surface area contributed by atoms with Gasteiger partial charge in [0, 0.05) is 58.8 Å². The fourth-order valence-corrected chi connectivity index (χ4v) is 10.7. The molecule has 0 aliphatic carbocycles. The molecular weight excluding hydrogens is 739 g/mol. The molecule has 0 atom stereocenters. The van der Waals surface area contributed by atoms with Crippen LogP contribution in [-0.4, -0.2) is 13.7 Å². The zero-order valence-corrected chi connectivity index (χ0v) is 32.5. The third-order valence-electron chi connectivity index (χ3n) is 12.1. The average Bonchev–Trinajstić information content (AvgIpc) is 4.03. The van der Waals surface area contributed by atoms with E-state index in [0.717, 1.165) is 72.2 Å². The summed E-state index contributed by atoms with van der Waals surface area (Å²) in [5.74, 6) is 1.66. The molecule has 0 fully saturated rings. The number of fused-ring (bicyclic) bond motifs is 12. The van der Waals surface area contributed by atoms with Crippen LogP contribution in [0.25, 0.3) is 103 Å².